The van der Waals surface area contributed by atoms with Crippen molar-refractivity contribution in [1.82, 2.24) is 0 Å². The van der Waals surface area contributed by atoms with Gasteiger partial charge in [0.2, 0.25) is 0 Å². The molecule has 0 spiro atoms. The van der Waals surface area contributed by atoms with Crippen LogP contribution in [0, 0.1) is 31.0 Å². The molecular formula is C32H27F4N3OS. The number of carbonyl (C=O) groups excluding carboxylic acids is 1. The molecule has 2 aliphatic rings. The number of rotatable bonds is 5. The van der Waals surface area contributed by atoms with Gasteiger partial charge in [-0.15, -0.1) is 11.8 Å². The Bertz CT molecular complexity index is 1630. The first-order valence-corrected chi connectivity index (χ1v) is 14.1. The highest BCUT2D eigenvalue weighted by atomic mass is 32.2. The molecule has 0 aromatic heterocycles. The Morgan fingerprint density at radius 2 is 1.80 bits per heavy atom. The Morgan fingerprint density at radius 3 is 2.49 bits per heavy atom. The summed E-state index contributed by atoms with van der Waals surface area (Å²) in [4.78, 5) is 15.9. The summed E-state index contributed by atoms with van der Waals surface area (Å²) < 4.78 is 54.1. The van der Waals surface area contributed by atoms with Crippen LogP contribution in [0.25, 0.3) is 0 Å². The van der Waals surface area contributed by atoms with Gasteiger partial charge < -0.3 is 5.73 Å². The summed E-state index contributed by atoms with van der Waals surface area (Å²) in [6.07, 6.45) is -3.32. The van der Waals surface area contributed by atoms with Gasteiger partial charge in [-0.1, -0.05) is 23.8 Å². The average Bonchev–Trinajstić information content (AvgIpc) is 2.93. The van der Waals surface area contributed by atoms with Crippen LogP contribution in [0.5, 0.6) is 0 Å². The third-order valence-corrected chi connectivity index (χ3v) is 8.62. The summed E-state index contributed by atoms with van der Waals surface area (Å²) in [5.74, 6) is -0.588. The lowest BCUT2D eigenvalue weighted by Gasteiger charge is -2.40. The number of nitrogens with two attached hydrogens (primary N) is 1. The van der Waals surface area contributed by atoms with E-state index in [4.69, 9.17) is 5.73 Å². The molecule has 210 valence electrons. The van der Waals surface area contributed by atoms with Crippen molar-refractivity contribution in [2.45, 2.75) is 55.9 Å². The molecule has 9 heteroatoms. The summed E-state index contributed by atoms with van der Waals surface area (Å²) in [6, 6.07) is 17.2. The van der Waals surface area contributed by atoms with E-state index in [0.29, 0.717) is 29.9 Å². The van der Waals surface area contributed by atoms with Gasteiger partial charge in [-0.25, -0.2) is 4.39 Å². The molecule has 0 saturated heterocycles. The van der Waals surface area contributed by atoms with E-state index in [1.54, 1.807) is 23.9 Å². The number of Topliss-reactive ketones (excluding diaryl/α,β-unsaturated/α-hetero) is 1. The number of hydrogen-bond acceptors (Lipinski definition) is 5. The van der Waals surface area contributed by atoms with Crippen molar-refractivity contribution >= 4 is 23.2 Å². The predicted molar refractivity (Wildman–Crippen MR) is 151 cm³/mol. The molecule has 3 aromatic carbocycles. The van der Waals surface area contributed by atoms with Crippen molar-refractivity contribution < 1.29 is 22.4 Å². The van der Waals surface area contributed by atoms with E-state index in [-0.39, 0.29) is 35.1 Å². The Hall–Kier alpha value is -4.03. The number of ketones is 1. The topological polar surface area (TPSA) is 70.1 Å². The largest absolute Gasteiger partial charge is 0.416 e. The highest BCUT2D eigenvalue weighted by Crippen LogP contribution is 2.48. The molecule has 0 saturated carbocycles. The number of nitrogens with zero attached hydrogens (tertiary/aromatic N) is 2. The number of aryl methyl sites for hydroxylation is 1. The minimum atomic E-state index is -4.56. The molecular weight excluding hydrogens is 550 g/mol. The van der Waals surface area contributed by atoms with Crippen molar-refractivity contribution in [3.05, 3.63) is 117 Å². The average molecular weight is 578 g/mol. The fourth-order valence-corrected chi connectivity index (χ4v) is 6.57. The van der Waals surface area contributed by atoms with Gasteiger partial charge in [-0.05, 0) is 85.8 Å². The van der Waals surface area contributed by atoms with Crippen LogP contribution in [0.15, 0.2) is 88.2 Å². The number of thioether (sulfide) groups is 1. The minimum Gasteiger partial charge on any atom is -0.384 e. The first-order valence-electron chi connectivity index (χ1n) is 13.1. The smallest absolute Gasteiger partial charge is 0.384 e. The number of hydrogen-bond donors (Lipinski definition) is 1. The number of carbonyl (C=O) groups is 1. The van der Waals surface area contributed by atoms with Gasteiger partial charge in [0.1, 0.15) is 11.6 Å². The lowest BCUT2D eigenvalue weighted by Crippen LogP contribution is -2.39. The van der Waals surface area contributed by atoms with Crippen molar-refractivity contribution in [1.29, 1.82) is 5.26 Å². The molecule has 0 amide bonds. The highest BCUT2D eigenvalue weighted by molar-refractivity contribution is 7.98. The third kappa shape index (κ3) is 5.49. The number of halogens is 4. The van der Waals surface area contributed by atoms with E-state index in [9.17, 15) is 27.6 Å². The van der Waals surface area contributed by atoms with Gasteiger partial charge in [-0.3, -0.25) is 9.69 Å². The first kappa shape index (κ1) is 28.5. The quantitative estimate of drug-likeness (QED) is 0.245. The molecule has 1 aliphatic heterocycles. The lowest BCUT2D eigenvalue weighted by atomic mass is 9.73. The standard InChI is InChI=1S/C32H27F4N3OS/c1-18-13-20(17-41-24-11-9-22(33)10-12-24)19(2)25(14-18)29-26(16-37)31(38)39(27-7-4-8-28(40)30(27)29)23-6-3-5-21(15-23)32(34,35)36/h3,5-6,9-15,29H,4,7-8,17,38H2,1-2H3. The van der Waals surface area contributed by atoms with Gasteiger partial charge in [-0.2, -0.15) is 18.4 Å². The minimum absolute atomic E-state index is 0.0217. The van der Waals surface area contributed by atoms with Crippen LogP contribution < -0.4 is 10.6 Å². The van der Waals surface area contributed by atoms with E-state index in [1.165, 1.54) is 29.2 Å². The Kier molecular flexibility index (Phi) is 7.71. The molecule has 5 rings (SSSR count). The van der Waals surface area contributed by atoms with Gasteiger partial charge >= 0.3 is 6.18 Å². The first-order chi connectivity index (χ1) is 19.5. The van der Waals surface area contributed by atoms with Crippen LogP contribution in [0.3, 0.4) is 0 Å². The molecule has 1 unspecified atom stereocenters. The van der Waals surface area contributed by atoms with Crippen molar-refractivity contribution in [3.8, 4) is 6.07 Å². The number of allylic oxidation sites excluding steroid dienone is 3. The third-order valence-electron chi connectivity index (χ3n) is 7.56. The molecule has 0 bridgehead atoms. The van der Waals surface area contributed by atoms with Crippen LogP contribution in [-0.4, -0.2) is 5.78 Å². The van der Waals surface area contributed by atoms with Crippen molar-refractivity contribution in [2.24, 2.45) is 5.73 Å². The normalized spacial score (nSPS) is 17.5. The van der Waals surface area contributed by atoms with Gasteiger partial charge in [0, 0.05) is 34.0 Å². The van der Waals surface area contributed by atoms with Crippen LogP contribution >= 0.6 is 11.8 Å². The predicted octanol–water partition coefficient (Wildman–Crippen LogP) is 8.06. The molecule has 41 heavy (non-hydrogen) atoms. The second-order valence-corrected chi connectivity index (χ2v) is 11.3. The zero-order valence-corrected chi connectivity index (χ0v) is 23.3. The molecule has 3 aromatic rings. The number of anilines is 1. The molecule has 1 heterocycles. The summed E-state index contributed by atoms with van der Waals surface area (Å²) in [7, 11) is 0. The number of nitriles is 1. The Balaban J connectivity index is 1.63. The molecule has 0 radical (unpaired) electrons. The molecule has 1 atom stereocenters. The van der Waals surface area contributed by atoms with E-state index < -0.39 is 17.7 Å². The summed E-state index contributed by atoms with van der Waals surface area (Å²) >= 11 is 1.54. The van der Waals surface area contributed by atoms with Crippen LogP contribution in [-0.2, 0) is 16.7 Å². The summed E-state index contributed by atoms with van der Waals surface area (Å²) in [6.45, 7) is 3.87. The maximum absolute atomic E-state index is 13.6. The van der Waals surface area contributed by atoms with E-state index in [1.807, 2.05) is 26.0 Å². The van der Waals surface area contributed by atoms with E-state index >= 15 is 0 Å². The highest BCUT2D eigenvalue weighted by Gasteiger charge is 2.41. The van der Waals surface area contributed by atoms with Crippen molar-refractivity contribution in [3.63, 3.8) is 0 Å². The summed E-state index contributed by atoms with van der Waals surface area (Å²) in [5.41, 5.74) is 10.6. The molecule has 4 nitrogen and oxygen atoms in total. The zero-order chi connectivity index (χ0) is 29.5. The maximum Gasteiger partial charge on any atom is 0.416 e. The number of benzene rings is 3. The maximum atomic E-state index is 13.6. The van der Waals surface area contributed by atoms with Crippen molar-refractivity contribution in [2.75, 3.05) is 4.90 Å². The molecule has 1 aliphatic carbocycles. The van der Waals surface area contributed by atoms with Gasteiger partial charge in [0.15, 0.2) is 5.78 Å². The SMILES string of the molecule is Cc1cc(CSc2ccc(F)cc2)c(C)c(C2C(C#N)=C(N)N(c3cccc(C(F)(F)F)c3)C3=C2C(=O)CCC3)c1. The van der Waals surface area contributed by atoms with Crippen LogP contribution in [0.1, 0.15) is 53.0 Å². The lowest BCUT2D eigenvalue weighted by molar-refractivity contribution is -0.137. The zero-order valence-electron chi connectivity index (χ0n) is 22.5. The van der Waals surface area contributed by atoms with E-state index in [2.05, 4.69) is 6.07 Å². The number of alkyl halides is 3. The Labute approximate surface area is 240 Å². The van der Waals surface area contributed by atoms with Crippen LogP contribution in [0.2, 0.25) is 0 Å². The summed E-state index contributed by atoms with van der Waals surface area (Å²) in [5, 5.41) is 10.4. The fraction of sp³-hybridized carbons (Fsp3) is 0.250. The Morgan fingerprint density at radius 1 is 1.07 bits per heavy atom. The van der Waals surface area contributed by atoms with Gasteiger partial charge in [0.25, 0.3) is 0 Å². The second-order valence-electron chi connectivity index (χ2n) is 10.2. The monoisotopic (exact) mass is 577 g/mol. The van der Waals surface area contributed by atoms with Gasteiger partial charge in [0.05, 0.1) is 23.1 Å². The second kappa shape index (κ2) is 11.1. The molecule has 2 N–H and O–H groups in total. The fourth-order valence-electron chi connectivity index (χ4n) is 5.62. The van der Waals surface area contributed by atoms with E-state index in [0.717, 1.165) is 39.3 Å². The molecule has 0 fully saturated rings. The van der Waals surface area contributed by atoms with Crippen LogP contribution in [0.4, 0.5) is 23.2 Å².